The molecule has 0 aromatic heterocycles. The van der Waals surface area contributed by atoms with E-state index in [1.807, 2.05) is 11.0 Å². The summed E-state index contributed by atoms with van der Waals surface area (Å²) in [7, 11) is 0. The number of rotatable bonds is 2. The SMILES string of the molecule is CC(=O)OCC1CCN2C(=O)CCc3cccc1c32. The number of benzene rings is 1. The lowest BCUT2D eigenvalue weighted by Gasteiger charge is -2.38. The Hall–Kier alpha value is -1.84. The zero-order valence-corrected chi connectivity index (χ0v) is 11.0. The molecule has 1 aromatic carbocycles. The molecule has 1 aromatic rings. The summed E-state index contributed by atoms with van der Waals surface area (Å²) < 4.78 is 5.15. The summed E-state index contributed by atoms with van der Waals surface area (Å²) in [5.41, 5.74) is 3.46. The molecule has 0 radical (unpaired) electrons. The van der Waals surface area contributed by atoms with Crippen LogP contribution in [0.5, 0.6) is 0 Å². The topological polar surface area (TPSA) is 46.6 Å². The molecule has 4 heteroatoms. The lowest BCUT2D eigenvalue weighted by Crippen LogP contribution is -2.40. The standard InChI is InChI=1S/C15H17NO3/c1-10(17)19-9-12-7-8-16-14(18)6-5-11-3-2-4-13(12)15(11)16/h2-4,12H,5-9H2,1H3. The number of para-hydroxylation sites is 1. The van der Waals surface area contributed by atoms with Crippen LogP contribution in [0.3, 0.4) is 0 Å². The van der Waals surface area contributed by atoms with Crippen molar-refractivity contribution in [2.45, 2.75) is 32.1 Å². The second-order valence-electron chi connectivity index (χ2n) is 5.19. The fourth-order valence-corrected chi connectivity index (χ4v) is 3.04. The zero-order chi connectivity index (χ0) is 13.4. The van der Waals surface area contributed by atoms with Gasteiger partial charge in [-0.25, -0.2) is 0 Å². The molecule has 3 rings (SSSR count). The number of carbonyl (C=O) groups excluding carboxylic acids is 2. The van der Waals surface area contributed by atoms with Crippen LogP contribution in [0.4, 0.5) is 5.69 Å². The third-order valence-corrected chi connectivity index (χ3v) is 3.96. The highest BCUT2D eigenvalue weighted by molar-refractivity contribution is 5.98. The Morgan fingerprint density at radius 2 is 2.26 bits per heavy atom. The van der Waals surface area contributed by atoms with Gasteiger partial charge in [0.15, 0.2) is 0 Å². The third kappa shape index (κ3) is 2.11. The third-order valence-electron chi connectivity index (χ3n) is 3.96. The van der Waals surface area contributed by atoms with Gasteiger partial charge in [-0.1, -0.05) is 18.2 Å². The Balaban J connectivity index is 1.95. The number of hydrogen-bond donors (Lipinski definition) is 0. The van der Waals surface area contributed by atoms with Crippen molar-refractivity contribution < 1.29 is 14.3 Å². The Morgan fingerprint density at radius 3 is 3.05 bits per heavy atom. The van der Waals surface area contributed by atoms with Gasteiger partial charge in [0, 0.05) is 25.8 Å². The van der Waals surface area contributed by atoms with Crippen molar-refractivity contribution in [3.63, 3.8) is 0 Å². The first kappa shape index (κ1) is 12.2. The second kappa shape index (κ2) is 4.68. The summed E-state index contributed by atoms with van der Waals surface area (Å²) in [5.74, 6) is 0.176. The van der Waals surface area contributed by atoms with Crippen molar-refractivity contribution in [2.75, 3.05) is 18.1 Å². The molecule has 0 saturated heterocycles. The van der Waals surface area contributed by atoms with Gasteiger partial charge in [-0.05, 0) is 24.0 Å². The summed E-state index contributed by atoms with van der Waals surface area (Å²) in [4.78, 5) is 24.9. The van der Waals surface area contributed by atoms with E-state index in [1.165, 1.54) is 12.5 Å². The molecular formula is C15H17NO3. The normalized spacial score (nSPS) is 21.0. The Labute approximate surface area is 112 Å². The molecule has 2 heterocycles. The predicted octanol–water partition coefficient (Wildman–Crippen LogP) is 2.02. The van der Waals surface area contributed by atoms with Gasteiger partial charge < -0.3 is 9.64 Å². The average molecular weight is 259 g/mol. The number of esters is 1. The van der Waals surface area contributed by atoms with E-state index in [4.69, 9.17) is 4.74 Å². The maximum absolute atomic E-state index is 12.0. The number of nitrogens with zero attached hydrogens (tertiary/aromatic N) is 1. The quantitative estimate of drug-likeness (QED) is 0.763. The number of hydrogen-bond acceptors (Lipinski definition) is 3. The van der Waals surface area contributed by atoms with Gasteiger partial charge in [0.1, 0.15) is 0 Å². The molecule has 0 bridgehead atoms. The number of carbonyl (C=O) groups is 2. The Bertz CT molecular complexity index is 538. The summed E-state index contributed by atoms with van der Waals surface area (Å²) >= 11 is 0. The summed E-state index contributed by atoms with van der Waals surface area (Å²) in [5, 5.41) is 0. The van der Waals surface area contributed by atoms with Crippen LogP contribution < -0.4 is 4.90 Å². The molecule has 1 amide bonds. The van der Waals surface area contributed by atoms with Crippen molar-refractivity contribution in [2.24, 2.45) is 0 Å². The highest BCUT2D eigenvalue weighted by atomic mass is 16.5. The largest absolute Gasteiger partial charge is 0.465 e. The molecule has 0 aliphatic carbocycles. The fourth-order valence-electron chi connectivity index (χ4n) is 3.04. The van der Waals surface area contributed by atoms with E-state index in [0.717, 1.165) is 30.6 Å². The Kier molecular flexibility index (Phi) is 3.01. The van der Waals surface area contributed by atoms with E-state index in [2.05, 4.69) is 12.1 Å². The van der Waals surface area contributed by atoms with E-state index in [9.17, 15) is 9.59 Å². The van der Waals surface area contributed by atoms with Crippen LogP contribution in [0.1, 0.15) is 36.8 Å². The van der Waals surface area contributed by atoms with E-state index in [1.54, 1.807) is 0 Å². The van der Waals surface area contributed by atoms with Gasteiger partial charge in [0.2, 0.25) is 5.91 Å². The van der Waals surface area contributed by atoms with Gasteiger partial charge in [-0.3, -0.25) is 9.59 Å². The lowest BCUT2D eigenvalue weighted by atomic mass is 9.85. The molecule has 1 unspecified atom stereocenters. The smallest absolute Gasteiger partial charge is 0.302 e. The summed E-state index contributed by atoms with van der Waals surface area (Å²) in [6.45, 7) is 2.57. The van der Waals surface area contributed by atoms with Crippen LogP contribution in [0, 0.1) is 0 Å². The first-order valence-corrected chi connectivity index (χ1v) is 6.72. The van der Waals surface area contributed by atoms with Crippen molar-refractivity contribution in [1.29, 1.82) is 0 Å². The molecule has 0 saturated carbocycles. The van der Waals surface area contributed by atoms with Crippen molar-refractivity contribution in [1.82, 2.24) is 0 Å². The molecule has 2 aliphatic heterocycles. The van der Waals surface area contributed by atoms with Crippen molar-refractivity contribution >= 4 is 17.6 Å². The highest BCUT2D eigenvalue weighted by Crippen LogP contribution is 2.40. The maximum atomic E-state index is 12.0. The van der Waals surface area contributed by atoms with Gasteiger partial charge in [0.05, 0.1) is 12.3 Å². The van der Waals surface area contributed by atoms with Gasteiger partial charge in [0.25, 0.3) is 0 Å². The molecule has 100 valence electrons. The van der Waals surface area contributed by atoms with Crippen molar-refractivity contribution in [3.8, 4) is 0 Å². The molecule has 0 fully saturated rings. The second-order valence-corrected chi connectivity index (χ2v) is 5.19. The van der Waals surface area contributed by atoms with Gasteiger partial charge in [-0.2, -0.15) is 0 Å². The molecule has 0 spiro atoms. The number of ether oxygens (including phenoxy) is 1. The Morgan fingerprint density at radius 1 is 1.42 bits per heavy atom. The molecule has 0 N–H and O–H groups in total. The first-order valence-electron chi connectivity index (χ1n) is 6.72. The van der Waals surface area contributed by atoms with Crippen molar-refractivity contribution in [3.05, 3.63) is 29.3 Å². The van der Waals surface area contributed by atoms with Crippen LogP contribution in [0.15, 0.2) is 18.2 Å². The van der Waals surface area contributed by atoms with Gasteiger partial charge >= 0.3 is 5.97 Å². The van der Waals surface area contributed by atoms with Gasteiger partial charge in [-0.15, -0.1) is 0 Å². The van der Waals surface area contributed by atoms with Crippen LogP contribution >= 0.6 is 0 Å². The lowest BCUT2D eigenvalue weighted by molar-refractivity contribution is -0.141. The van der Waals surface area contributed by atoms with Crippen LogP contribution in [-0.2, 0) is 20.7 Å². The number of aryl methyl sites for hydroxylation is 1. The highest BCUT2D eigenvalue weighted by Gasteiger charge is 2.33. The minimum absolute atomic E-state index is 0.209. The van der Waals surface area contributed by atoms with Crippen LogP contribution in [0.2, 0.25) is 0 Å². The van der Waals surface area contributed by atoms with Crippen LogP contribution in [-0.4, -0.2) is 25.0 Å². The molecule has 4 nitrogen and oxygen atoms in total. The van der Waals surface area contributed by atoms with E-state index >= 15 is 0 Å². The summed E-state index contributed by atoms with van der Waals surface area (Å²) in [6, 6.07) is 6.18. The molecule has 2 aliphatic rings. The minimum Gasteiger partial charge on any atom is -0.465 e. The molecule has 1 atom stereocenters. The predicted molar refractivity (Wildman–Crippen MR) is 71.1 cm³/mol. The van der Waals surface area contributed by atoms with E-state index in [0.29, 0.717) is 13.0 Å². The zero-order valence-electron chi connectivity index (χ0n) is 11.0. The minimum atomic E-state index is -0.247. The maximum Gasteiger partial charge on any atom is 0.302 e. The fraction of sp³-hybridized carbons (Fsp3) is 0.467. The number of anilines is 1. The molecule has 19 heavy (non-hydrogen) atoms. The monoisotopic (exact) mass is 259 g/mol. The number of amides is 1. The first-order chi connectivity index (χ1) is 9.16. The van der Waals surface area contributed by atoms with E-state index in [-0.39, 0.29) is 17.8 Å². The molecular weight excluding hydrogens is 242 g/mol. The van der Waals surface area contributed by atoms with E-state index < -0.39 is 0 Å². The summed E-state index contributed by atoms with van der Waals surface area (Å²) in [6.07, 6.45) is 2.28. The van der Waals surface area contributed by atoms with Crippen LogP contribution in [0.25, 0.3) is 0 Å². The average Bonchev–Trinajstić information content (AvgIpc) is 2.41.